The molecule has 18 heavy (non-hydrogen) atoms. The van der Waals surface area contributed by atoms with Crippen LogP contribution < -0.4 is 16.4 Å². The molecule has 104 valence electrons. The molecule has 5 nitrogen and oxygen atoms in total. The maximum absolute atomic E-state index is 12.4. The first-order valence-corrected chi connectivity index (χ1v) is 6.80. The standard InChI is InChI=1S/C13H25N3O2/c1-3-4-13(5-7-15-8-6-13)12(18)16-10(2)9-11(14)17/h10,15H,3-9H2,1-2H3,(H2,14,17)(H,16,18). The van der Waals surface area contributed by atoms with Gasteiger partial charge in [0.25, 0.3) is 0 Å². The van der Waals surface area contributed by atoms with Gasteiger partial charge in [-0.15, -0.1) is 0 Å². The molecule has 0 aliphatic carbocycles. The van der Waals surface area contributed by atoms with E-state index in [4.69, 9.17) is 5.73 Å². The molecule has 0 aromatic rings. The second-order valence-corrected chi connectivity index (χ2v) is 5.33. The molecule has 1 saturated heterocycles. The fourth-order valence-corrected chi connectivity index (χ4v) is 2.70. The summed E-state index contributed by atoms with van der Waals surface area (Å²) in [5.74, 6) is -0.294. The number of carbonyl (C=O) groups excluding carboxylic acids is 2. The number of primary amides is 1. The van der Waals surface area contributed by atoms with Crippen molar-refractivity contribution in [2.24, 2.45) is 11.1 Å². The molecular formula is C13H25N3O2. The summed E-state index contributed by atoms with van der Waals surface area (Å²) >= 11 is 0. The minimum atomic E-state index is -0.377. The zero-order valence-corrected chi connectivity index (χ0v) is 11.4. The Morgan fingerprint density at radius 2 is 2.00 bits per heavy atom. The van der Waals surface area contributed by atoms with E-state index in [1.807, 2.05) is 6.92 Å². The van der Waals surface area contributed by atoms with Crippen LogP contribution in [-0.2, 0) is 9.59 Å². The van der Waals surface area contributed by atoms with E-state index < -0.39 is 0 Å². The van der Waals surface area contributed by atoms with Crippen LogP contribution in [0, 0.1) is 5.41 Å². The van der Waals surface area contributed by atoms with Gasteiger partial charge in [0.1, 0.15) is 0 Å². The Morgan fingerprint density at radius 3 is 2.50 bits per heavy atom. The highest BCUT2D eigenvalue weighted by atomic mass is 16.2. The SMILES string of the molecule is CCCC1(C(=O)NC(C)CC(N)=O)CCNCC1. The Morgan fingerprint density at radius 1 is 1.39 bits per heavy atom. The number of nitrogens with two attached hydrogens (primary N) is 1. The second-order valence-electron chi connectivity index (χ2n) is 5.33. The van der Waals surface area contributed by atoms with Gasteiger partial charge in [-0.2, -0.15) is 0 Å². The number of nitrogens with one attached hydrogen (secondary N) is 2. The molecule has 0 spiro atoms. The van der Waals surface area contributed by atoms with Crippen LogP contribution in [0.4, 0.5) is 0 Å². The summed E-state index contributed by atoms with van der Waals surface area (Å²) in [5, 5.41) is 6.22. The van der Waals surface area contributed by atoms with E-state index in [0.717, 1.165) is 38.8 Å². The maximum atomic E-state index is 12.4. The van der Waals surface area contributed by atoms with Gasteiger partial charge in [0.05, 0.1) is 5.41 Å². The summed E-state index contributed by atoms with van der Waals surface area (Å²) in [6.45, 7) is 5.70. The van der Waals surface area contributed by atoms with Gasteiger partial charge >= 0.3 is 0 Å². The lowest BCUT2D eigenvalue weighted by Crippen LogP contribution is -2.50. The van der Waals surface area contributed by atoms with Crippen molar-refractivity contribution in [2.75, 3.05) is 13.1 Å². The Labute approximate surface area is 109 Å². The second kappa shape index (κ2) is 6.73. The minimum Gasteiger partial charge on any atom is -0.370 e. The molecule has 0 aromatic carbocycles. The largest absolute Gasteiger partial charge is 0.370 e. The van der Waals surface area contributed by atoms with Gasteiger partial charge < -0.3 is 16.4 Å². The summed E-state index contributed by atoms with van der Waals surface area (Å²) in [7, 11) is 0. The van der Waals surface area contributed by atoms with Crippen molar-refractivity contribution in [3.63, 3.8) is 0 Å². The molecule has 1 atom stereocenters. The summed E-state index contributed by atoms with van der Waals surface area (Å²) in [6, 6.07) is -0.182. The molecule has 0 aromatic heterocycles. The van der Waals surface area contributed by atoms with Crippen LogP contribution in [0.2, 0.25) is 0 Å². The molecule has 1 rings (SSSR count). The van der Waals surface area contributed by atoms with E-state index in [0.29, 0.717) is 0 Å². The van der Waals surface area contributed by atoms with Crippen LogP contribution in [0.25, 0.3) is 0 Å². The minimum absolute atomic E-state index is 0.0830. The van der Waals surface area contributed by atoms with E-state index in [9.17, 15) is 9.59 Å². The molecule has 4 N–H and O–H groups in total. The molecule has 5 heteroatoms. The van der Waals surface area contributed by atoms with E-state index in [1.54, 1.807) is 0 Å². The topological polar surface area (TPSA) is 84.2 Å². The Kier molecular flexibility index (Phi) is 5.59. The van der Waals surface area contributed by atoms with E-state index in [2.05, 4.69) is 17.6 Å². The first-order chi connectivity index (χ1) is 8.50. The van der Waals surface area contributed by atoms with Crippen molar-refractivity contribution in [3.8, 4) is 0 Å². The highest BCUT2D eigenvalue weighted by Crippen LogP contribution is 2.34. The van der Waals surface area contributed by atoms with Crippen molar-refractivity contribution in [1.82, 2.24) is 10.6 Å². The number of hydrogen-bond acceptors (Lipinski definition) is 3. The lowest BCUT2D eigenvalue weighted by Gasteiger charge is -2.37. The first kappa shape index (κ1) is 15.0. The summed E-state index contributed by atoms with van der Waals surface area (Å²) in [5.41, 5.74) is 4.88. The van der Waals surface area contributed by atoms with Crippen molar-refractivity contribution in [3.05, 3.63) is 0 Å². The Bertz CT molecular complexity index is 293. The summed E-state index contributed by atoms with van der Waals surface area (Å²) in [6.07, 6.45) is 3.85. The molecule has 1 heterocycles. The average molecular weight is 255 g/mol. The monoisotopic (exact) mass is 255 g/mol. The van der Waals surface area contributed by atoms with Crippen molar-refractivity contribution < 1.29 is 9.59 Å². The van der Waals surface area contributed by atoms with Crippen molar-refractivity contribution >= 4 is 11.8 Å². The van der Waals surface area contributed by atoms with Crippen LogP contribution in [0.15, 0.2) is 0 Å². The Hall–Kier alpha value is -1.10. The van der Waals surface area contributed by atoms with Crippen LogP contribution in [0.3, 0.4) is 0 Å². The normalized spacial score (nSPS) is 20.1. The number of rotatable bonds is 6. The lowest BCUT2D eigenvalue weighted by atomic mass is 9.74. The maximum Gasteiger partial charge on any atom is 0.226 e. The van der Waals surface area contributed by atoms with Gasteiger partial charge in [-0.05, 0) is 39.3 Å². The van der Waals surface area contributed by atoms with Crippen LogP contribution in [0.5, 0.6) is 0 Å². The van der Waals surface area contributed by atoms with Crippen molar-refractivity contribution in [2.45, 2.75) is 52.0 Å². The Balaban J connectivity index is 2.61. The first-order valence-electron chi connectivity index (χ1n) is 6.80. The van der Waals surface area contributed by atoms with E-state index in [1.165, 1.54) is 0 Å². The zero-order valence-electron chi connectivity index (χ0n) is 11.4. The quantitative estimate of drug-likeness (QED) is 0.647. The fraction of sp³-hybridized carbons (Fsp3) is 0.846. The zero-order chi connectivity index (χ0) is 13.6. The molecule has 1 aliphatic heterocycles. The van der Waals surface area contributed by atoms with E-state index in [-0.39, 0.29) is 29.7 Å². The van der Waals surface area contributed by atoms with Crippen LogP contribution >= 0.6 is 0 Å². The number of hydrogen-bond donors (Lipinski definition) is 3. The van der Waals surface area contributed by atoms with Gasteiger partial charge in [0.2, 0.25) is 11.8 Å². The molecule has 1 aliphatic rings. The van der Waals surface area contributed by atoms with Crippen LogP contribution in [0.1, 0.15) is 46.0 Å². The summed E-state index contributed by atoms with van der Waals surface area (Å²) in [4.78, 5) is 23.2. The number of carbonyl (C=O) groups is 2. The smallest absolute Gasteiger partial charge is 0.226 e. The highest BCUT2D eigenvalue weighted by Gasteiger charge is 2.38. The van der Waals surface area contributed by atoms with E-state index >= 15 is 0 Å². The molecule has 0 bridgehead atoms. The predicted octanol–water partition coefficient (Wildman–Crippen LogP) is 0.536. The summed E-state index contributed by atoms with van der Waals surface area (Å²) < 4.78 is 0. The average Bonchev–Trinajstić information content (AvgIpc) is 2.29. The lowest BCUT2D eigenvalue weighted by molar-refractivity contribution is -0.134. The number of piperidine rings is 1. The highest BCUT2D eigenvalue weighted by molar-refractivity contribution is 5.84. The van der Waals surface area contributed by atoms with Gasteiger partial charge in [0.15, 0.2) is 0 Å². The molecule has 2 amide bonds. The van der Waals surface area contributed by atoms with Crippen molar-refractivity contribution in [1.29, 1.82) is 0 Å². The predicted molar refractivity (Wildman–Crippen MR) is 70.9 cm³/mol. The third-order valence-electron chi connectivity index (χ3n) is 3.66. The van der Waals surface area contributed by atoms with Gasteiger partial charge in [-0.25, -0.2) is 0 Å². The fourth-order valence-electron chi connectivity index (χ4n) is 2.70. The molecule has 0 radical (unpaired) electrons. The third kappa shape index (κ3) is 3.98. The molecule has 1 unspecified atom stereocenters. The van der Waals surface area contributed by atoms with Gasteiger partial charge in [-0.3, -0.25) is 9.59 Å². The van der Waals surface area contributed by atoms with Crippen LogP contribution in [-0.4, -0.2) is 30.9 Å². The van der Waals surface area contributed by atoms with Gasteiger partial charge in [0, 0.05) is 12.5 Å². The molecule has 1 fully saturated rings. The van der Waals surface area contributed by atoms with Gasteiger partial charge in [-0.1, -0.05) is 13.3 Å². The molecule has 0 saturated carbocycles. The molecular weight excluding hydrogens is 230 g/mol. The third-order valence-corrected chi connectivity index (χ3v) is 3.66. The number of amides is 2.